The molecule has 0 N–H and O–H groups in total. The summed E-state index contributed by atoms with van der Waals surface area (Å²) in [7, 11) is 10.7. The number of hydrogen-bond acceptors (Lipinski definition) is 0. The van der Waals surface area contributed by atoms with Crippen molar-refractivity contribution in [3.8, 4) is 22.3 Å². The summed E-state index contributed by atoms with van der Waals surface area (Å²) in [5, 5.41) is 4.28. The summed E-state index contributed by atoms with van der Waals surface area (Å²) in [4.78, 5) is 0. The summed E-state index contributed by atoms with van der Waals surface area (Å²) >= 11 is -0.826. The van der Waals surface area contributed by atoms with Crippen molar-refractivity contribution in [3.05, 3.63) is 113 Å². The van der Waals surface area contributed by atoms with Crippen molar-refractivity contribution >= 4 is 47.7 Å². The van der Waals surface area contributed by atoms with Gasteiger partial charge in [-0.3, -0.25) is 0 Å². The second-order valence-electron chi connectivity index (χ2n) is 9.48. The summed E-state index contributed by atoms with van der Waals surface area (Å²) in [6, 6.07) is 27.2. The van der Waals surface area contributed by atoms with Gasteiger partial charge in [0.15, 0.2) is 0 Å². The number of halogens is 8. The standard InChI is InChI=1S/C20H15F6.C12H7Si.2ClH.Zr/c1-3-12-4-5-13-6-11(2)7-17(13)18(12)14-8-15(19(21,22)23)10-16(9-14)20(24,25)26;1-3-7-11-9(5-1)10-6-2-4-8-12(10)13-11;;;/h4-10H,3H2,1-2H3;1-7H;2*1H;/q2*-1;;;+4/p-2. The monoisotopic (exact) mass is 708 g/mol. The molecule has 0 amide bonds. The number of alkyl halides is 6. The van der Waals surface area contributed by atoms with Crippen LogP contribution >= 0.6 is 17.0 Å². The number of hydrogen-bond donors (Lipinski definition) is 0. The molecule has 0 aliphatic carbocycles. The Kier molecular flexibility index (Phi) is 10.6. The van der Waals surface area contributed by atoms with Crippen molar-refractivity contribution in [2.45, 2.75) is 32.6 Å². The van der Waals surface area contributed by atoms with Crippen molar-refractivity contribution < 1.29 is 47.2 Å². The second kappa shape index (κ2) is 13.6. The Bertz CT molecular complexity index is 1620. The van der Waals surface area contributed by atoms with Gasteiger partial charge in [-0.25, -0.2) is 0 Å². The zero-order valence-corrected chi connectivity index (χ0v) is 27.3. The van der Waals surface area contributed by atoms with Gasteiger partial charge in [-0.15, -0.1) is 40.1 Å². The van der Waals surface area contributed by atoms with Crippen LogP contribution in [0.25, 0.3) is 33.0 Å². The minimum Gasteiger partial charge on any atom is -0.184 e. The van der Waals surface area contributed by atoms with Crippen LogP contribution in [0.2, 0.25) is 0 Å². The number of benzene rings is 4. The first-order chi connectivity index (χ1) is 19.9. The molecule has 214 valence electrons. The van der Waals surface area contributed by atoms with Crippen LogP contribution in [-0.4, -0.2) is 9.52 Å². The largest absolute Gasteiger partial charge is 0.184 e. The molecule has 0 nitrogen and oxygen atoms in total. The molecule has 1 aliphatic rings. The maximum Gasteiger partial charge on any atom is 0.0920 e. The molecule has 0 saturated carbocycles. The van der Waals surface area contributed by atoms with Gasteiger partial charge in [-0.1, -0.05) is 60.0 Å². The smallest absolute Gasteiger partial charge is 0.0920 e. The van der Waals surface area contributed by atoms with Crippen LogP contribution in [0.1, 0.15) is 29.2 Å². The Morgan fingerprint density at radius 3 is 2.07 bits per heavy atom. The third kappa shape index (κ3) is 7.45. The van der Waals surface area contributed by atoms with Gasteiger partial charge in [0.1, 0.15) is 0 Å². The summed E-state index contributed by atoms with van der Waals surface area (Å²) in [6.07, 6.45) is -9.23. The van der Waals surface area contributed by atoms with E-state index in [1.165, 1.54) is 21.5 Å². The normalized spacial score (nSPS) is 12.0. The molecule has 2 radical (unpaired) electrons. The molecular weight excluding hydrogens is 689 g/mol. The maximum absolute atomic E-state index is 13.2. The fourth-order valence-corrected chi connectivity index (χ4v) is 6.25. The SMILES string of the molecule is CCc1ccc2[cH-]c(C)cc2c1-c1cc(C(F)(F)F)cc(C(F)(F)F)c1.[Cl][Zr+2][Cl].[c-]1cccc2c1[Si]c1ccccc1-2. The van der Waals surface area contributed by atoms with Gasteiger partial charge >= 0.3 is 50.2 Å². The predicted octanol–water partition coefficient (Wildman–Crippen LogP) is 9.63. The number of fused-ring (bicyclic) bond motifs is 4. The quantitative estimate of drug-likeness (QED) is 0.0955. The Morgan fingerprint density at radius 2 is 1.45 bits per heavy atom. The van der Waals surface area contributed by atoms with E-state index < -0.39 is 44.3 Å². The summed E-state index contributed by atoms with van der Waals surface area (Å²) in [6.45, 7) is 3.65. The molecule has 0 bridgehead atoms. The van der Waals surface area contributed by atoms with E-state index in [2.05, 4.69) is 42.5 Å². The molecule has 0 spiro atoms. The van der Waals surface area contributed by atoms with Crippen molar-refractivity contribution in [1.29, 1.82) is 0 Å². The summed E-state index contributed by atoms with van der Waals surface area (Å²) in [5.41, 5.74) is 2.13. The summed E-state index contributed by atoms with van der Waals surface area (Å²) in [5.74, 6) is 0. The first kappa shape index (κ1) is 32.7. The maximum atomic E-state index is 13.2. The molecule has 1 aliphatic heterocycles. The fourth-order valence-electron chi connectivity index (χ4n) is 4.94. The molecule has 0 saturated heterocycles. The average molecular weight is 711 g/mol. The van der Waals surface area contributed by atoms with Crippen LogP contribution in [0, 0.1) is 13.0 Å². The minimum atomic E-state index is -4.86. The molecule has 5 aromatic carbocycles. The van der Waals surface area contributed by atoms with Crippen molar-refractivity contribution in [1.82, 2.24) is 0 Å². The molecule has 42 heavy (non-hydrogen) atoms. The van der Waals surface area contributed by atoms with E-state index in [9.17, 15) is 26.3 Å². The summed E-state index contributed by atoms with van der Waals surface area (Å²) < 4.78 is 79.1. The van der Waals surface area contributed by atoms with E-state index in [0.29, 0.717) is 22.9 Å². The van der Waals surface area contributed by atoms with Crippen LogP contribution in [0.5, 0.6) is 0 Å². The fraction of sp³-hybridized carbons (Fsp3) is 0.156. The Labute approximate surface area is 261 Å². The molecule has 1 heterocycles. The van der Waals surface area contributed by atoms with Crippen LogP contribution in [0.15, 0.2) is 84.9 Å². The van der Waals surface area contributed by atoms with Crippen LogP contribution in [0.4, 0.5) is 26.3 Å². The van der Waals surface area contributed by atoms with Gasteiger partial charge in [0, 0.05) is 0 Å². The van der Waals surface area contributed by atoms with E-state index in [4.69, 9.17) is 17.0 Å². The van der Waals surface area contributed by atoms with E-state index in [0.717, 1.165) is 32.6 Å². The molecule has 0 fully saturated rings. The third-order valence-electron chi connectivity index (χ3n) is 6.71. The molecule has 0 unspecified atom stereocenters. The third-order valence-corrected chi connectivity index (χ3v) is 8.08. The first-order valence-electron chi connectivity index (χ1n) is 12.7. The van der Waals surface area contributed by atoms with E-state index in [1.54, 1.807) is 12.1 Å². The number of rotatable bonds is 2. The molecule has 5 aromatic rings. The molecule has 10 heteroatoms. The van der Waals surface area contributed by atoms with E-state index in [-0.39, 0.29) is 11.6 Å². The van der Waals surface area contributed by atoms with Gasteiger partial charge in [-0.05, 0) is 30.2 Å². The number of aryl methyl sites for hydroxylation is 2. The zero-order valence-electron chi connectivity index (χ0n) is 22.3. The minimum absolute atomic E-state index is 0.0693. The van der Waals surface area contributed by atoms with Gasteiger partial charge in [-0.2, -0.15) is 61.9 Å². The van der Waals surface area contributed by atoms with Gasteiger partial charge in [0.2, 0.25) is 0 Å². The zero-order chi connectivity index (χ0) is 30.7. The average Bonchev–Trinajstić information content (AvgIpc) is 3.51. The van der Waals surface area contributed by atoms with E-state index in [1.807, 2.05) is 32.0 Å². The predicted molar refractivity (Wildman–Crippen MR) is 157 cm³/mol. The van der Waals surface area contributed by atoms with Crippen LogP contribution < -0.4 is 10.4 Å². The Balaban J connectivity index is 0.000000209. The van der Waals surface area contributed by atoms with E-state index >= 15 is 0 Å². The van der Waals surface area contributed by atoms with Crippen LogP contribution in [0.3, 0.4) is 0 Å². The topological polar surface area (TPSA) is 0 Å². The van der Waals surface area contributed by atoms with Crippen molar-refractivity contribution in [2.24, 2.45) is 0 Å². The molecule has 0 aromatic heterocycles. The molecule has 6 rings (SSSR count). The van der Waals surface area contributed by atoms with Crippen molar-refractivity contribution in [2.75, 3.05) is 0 Å². The van der Waals surface area contributed by atoms with Gasteiger partial charge < -0.3 is 0 Å². The van der Waals surface area contributed by atoms with Crippen LogP contribution in [-0.2, 0) is 39.6 Å². The van der Waals surface area contributed by atoms with Gasteiger partial charge in [0.05, 0.1) is 20.6 Å². The molecule has 0 atom stereocenters. The molecular formula is C32H22Cl2F6SiZr. The van der Waals surface area contributed by atoms with Crippen molar-refractivity contribution in [3.63, 3.8) is 0 Å². The first-order valence-corrected chi connectivity index (χ1v) is 20.0. The Hall–Kier alpha value is -2.25. The van der Waals surface area contributed by atoms with Gasteiger partial charge in [0.25, 0.3) is 0 Å². The second-order valence-corrected chi connectivity index (χ2v) is 14.5. The Morgan fingerprint density at radius 1 is 0.833 bits per heavy atom.